The first-order chi connectivity index (χ1) is 14.0. The fraction of sp³-hybridized carbons (Fsp3) is 0.318. The number of nitrogens with zero attached hydrogens (tertiary/aromatic N) is 2. The van der Waals surface area contributed by atoms with Crippen molar-refractivity contribution >= 4 is 33.4 Å². The Hall–Kier alpha value is -2.93. The molecule has 0 aliphatic carbocycles. The van der Waals surface area contributed by atoms with E-state index in [9.17, 15) is 9.59 Å². The van der Waals surface area contributed by atoms with Gasteiger partial charge in [0.1, 0.15) is 12.3 Å². The van der Waals surface area contributed by atoms with Gasteiger partial charge in [0.15, 0.2) is 4.80 Å². The second-order valence-corrected chi connectivity index (χ2v) is 7.47. The quantitative estimate of drug-likeness (QED) is 0.557. The van der Waals surface area contributed by atoms with Crippen LogP contribution in [0.15, 0.2) is 47.5 Å². The zero-order valence-corrected chi connectivity index (χ0v) is 17.6. The zero-order chi connectivity index (χ0) is 20.8. The SMILES string of the molecule is CCOc1ccc2c(c1)sc(=NC(=O)Cc1ccc(CC)cc1)n2CC(=O)OC. The highest BCUT2D eigenvalue weighted by molar-refractivity contribution is 7.16. The van der Waals surface area contributed by atoms with Crippen molar-refractivity contribution in [1.29, 1.82) is 0 Å². The van der Waals surface area contributed by atoms with Crippen LogP contribution in [0, 0.1) is 0 Å². The summed E-state index contributed by atoms with van der Waals surface area (Å²) in [5.41, 5.74) is 2.95. The molecule has 0 aliphatic rings. The molecular weight excluding hydrogens is 388 g/mol. The van der Waals surface area contributed by atoms with Crippen LogP contribution in [0.3, 0.4) is 0 Å². The molecule has 1 amide bonds. The standard InChI is InChI=1S/C22H24N2O4S/c1-4-15-6-8-16(9-7-15)12-20(25)23-22-24(14-21(26)27-3)18-11-10-17(28-5-2)13-19(18)29-22/h6-11,13H,4-5,12,14H2,1-3H3. The van der Waals surface area contributed by atoms with Gasteiger partial charge in [-0.25, -0.2) is 0 Å². The number of aryl methyl sites for hydroxylation is 1. The van der Waals surface area contributed by atoms with Gasteiger partial charge in [0.2, 0.25) is 0 Å². The maximum atomic E-state index is 12.6. The first kappa shape index (κ1) is 20.8. The second kappa shape index (κ2) is 9.52. The number of carbonyl (C=O) groups is 2. The van der Waals surface area contributed by atoms with Crippen molar-refractivity contribution < 1.29 is 19.1 Å². The van der Waals surface area contributed by atoms with Crippen LogP contribution in [0.5, 0.6) is 5.75 Å². The molecule has 3 rings (SSSR count). The average Bonchev–Trinajstić information content (AvgIpc) is 3.04. The van der Waals surface area contributed by atoms with Gasteiger partial charge in [-0.1, -0.05) is 42.5 Å². The van der Waals surface area contributed by atoms with E-state index in [1.54, 1.807) is 4.57 Å². The van der Waals surface area contributed by atoms with Gasteiger partial charge in [-0.2, -0.15) is 4.99 Å². The zero-order valence-electron chi connectivity index (χ0n) is 16.8. The van der Waals surface area contributed by atoms with Gasteiger partial charge in [0.05, 0.1) is 30.4 Å². The number of thiazole rings is 1. The highest BCUT2D eigenvalue weighted by Gasteiger charge is 2.13. The molecule has 2 aromatic carbocycles. The van der Waals surface area contributed by atoms with Crippen LogP contribution in [0.1, 0.15) is 25.0 Å². The summed E-state index contributed by atoms with van der Waals surface area (Å²) >= 11 is 1.35. The predicted molar refractivity (Wildman–Crippen MR) is 113 cm³/mol. The first-order valence-electron chi connectivity index (χ1n) is 9.52. The number of amides is 1. The summed E-state index contributed by atoms with van der Waals surface area (Å²) in [6.07, 6.45) is 1.16. The minimum Gasteiger partial charge on any atom is -0.494 e. The monoisotopic (exact) mass is 412 g/mol. The van der Waals surface area contributed by atoms with E-state index in [-0.39, 0.29) is 18.9 Å². The molecule has 0 spiro atoms. The average molecular weight is 413 g/mol. The largest absolute Gasteiger partial charge is 0.494 e. The van der Waals surface area contributed by atoms with Crippen molar-refractivity contribution in [3.05, 3.63) is 58.4 Å². The molecule has 1 aromatic heterocycles. The smallest absolute Gasteiger partial charge is 0.325 e. The van der Waals surface area contributed by atoms with Crippen LogP contribution < -0.4 is 9.54 Å². The summed E-state index contributed by atoms with van der Waals surface area (Å²) in [6.45, 7) is 4.56. The molecule has 0 unspecified atom stereocenters. The van der Waals surface area contributed by atoms with Gasteiger partial charge in [-0.3, -0.25) is 9.59 Å². The third kappa shape index (κ3) is 5.12. The lowest BCUT2D eigenvalue weighted by Gasteiger charge is -2.05. The third-order valence-corrected chi connectivity index (χ3v) is 5.53. The maximum absolute atomic E-state index is 12.6. The van der Waals surface area contributed by atoms with Crippen LogP contribution in [0.2, 0.25) is 0 Å². The maximum Gasteiger partial charge on any atom is 0.325 e. The summed E-state index contributed by atoms with van der Waals surface area (Å²) in [6, 6.07) is 13.6. The Morgan fingerprint density at radius 3 is 2.45 bits per heavy atom. The summed E-state index contributed by atoms with van der Waals surface area (Å²) in [7, 11) is 1.34. The minimum atomic E-state index is -0.400. The highest BCUT2D eigenvalue weighted by Crippen LogP contribution is 2.23. The Bertz CT molecular complexity index is 1080. The van der Waals surface area contributed by atoms with E-state index in [4.69, 9.17) is 9.47 Å². The molecule has 0 saturated heterocycles. The van der Waals surface area contributed by atoms with E-state index >= 15 is 0 Å². The number of methoxy groups -OCH3 is 1. The van der Waals surface area contributed by atoms with Gasteiger partial charge in [-0.15, -0.1) is 0 Å². The number of benzene rings is 2. The van der Waals surface area contributed by atoms with Gasteiger partial charge in [0, 0.05) is 0 Å². The molecule has 152 valence electrons. The molecule has 0 N–H and O–H groups in total. The molecule has 0 fully saturated rings. The van der Waals surface area contributed by atoms with E-state index in [1.807, 2.05) is 49.4 Å². The van der Waals surface area contributed by atoms with Gasteiger partial charge < -0.3 is 14.0 Å². The number of rotatable bonds is 7. The summed E-state index contributed by atoms with van der Waals surface area (Å²) in [5, 5.41) is 0. The van der Waals surface area contributed by atoms with E-state index in [0.717, 1.165) is 28.0 Å². The lowest BCUT2D eigenvalue weighted by atomic mass is 10.1. The van der Waals surface area contributed by atoms with Gasteiger partial charge in [0.25, 0.3) is 5.91 Å². The topological polar surface area (TPSA) is 69.9 Å². The van der Waals surface area contributed by atoms with Crippen LogP contribution in [-0.2, 0) is 33.7 Å². The lowest BCUT2D eigenvalue weighted by molar-refractivity contribution is -0.141. The predicted octanol–water partition coefficient (Wildman–Crippen LogP) is 3.51. The number of hydrogen-bond donors (Lipinski definition) is 0. The van der Waals surface area contributed by atoms with Crippen molar-refractivity contribution in [3.63, 3.8) is 0 Å². The second-order valence-electron chi connectivity index (χ2n) is 6.46. The molecule has 3 aromatic rings. The molecule has 0 radical (unpaired) electrons. The number of fused-ring (bicyclic) bond motifs is 1. The minimum absolute atomic E-state index is 0.0121. The number of carbonyl (C=O) groups excluding carboxylic acids is 2. The molecule has 0 bridgehead atoms. The Morgan fingerprint density at radius 1 is 1.07 bits per heavy atom. The van der Waals surface area contributed by atoms with Crippen LogP contribution in [0.25, 0.3) is 10.2 Å². The van der Waals surface area contributed by atoms with E-state index in [1.165, 1.54) is 24.0 Å². The summed E-state index contributed by atoms with van der Waals surface area (Å²) < 4.78 is 13.0. The molecule has 0 saturated carbocycles. The van der Waals surface area contributed by atoms with Gasteiger partial charge in [-0.05, 0) is 42.7 Å². The summed E-state index contributed by atoms with van der Waals surface area (Å²) in [4.78, 5) is 29.2. The Kier molecular flexibility index (Phi) is 6.82. The molecule has 0 atom stereocenters. The van der Waals surface area contributed by atoms with Crippen LogP contribution >= 0.6 is 11.3 Å². The van der Waals surface area contributed by atoms with E-state index in [2.05, 4.69) is 11.9 Å². The number of hydrogen-bond acceptors (Lipinski definition) is 5. The normalized spacial score (nSPS) is 11.6. The molecule has 7 heteroatoms. The number of aromatic nitrogens is 1. The van der Waals surface area contributed by atoms with Gasteiger partial charge >= 0.3 is 5.97 Å². The number of esters is 1. The summed E-state index contributed by atoms with van der Waals surface area (Å²) in [5.74, 6) is 0.0763. The van der Waals surface area contributed by atoms with E-state index in [0.29, 0.717) is 11.4 Å². The third-order valence-electron chi connectivity index (χ3n) is 4.49. The first-order valence-corrected chi connectivity index (χ1v) is 10.3. The van der Waals surface area contributed by atoms with Crippen molar-refractivity contribution in [1.82, 2.24) is 4.57 Å². The Balaban J connectivity index is 1.96. The number of ether oxygens (including phenoxy) is 2. The Labute approximate surface area is 173 Å². The van der Waals surface area contributed by atoms with Crippen LogP contribution in [-0.4, -0.2) is 30.2 Å². The van der Waals surface area contributed by atoms with E-state index < -0.39 is 5.97 Å². The lowest BCUT2D eigenvalue weighted by Crippen LogP contribution is -2.22. The fourth-order valence-electron chi connectivity index (χ4n) is 2.96. The molecular formula is C22H24N2O4S. The Morgan fingerprint density at radius 2 is 1.79 bits per heavy atom. The van der Waals surface area contributed by atoms with Crippen molar-refractivity contribution in [2.75, 3.05) is 13.7 Å². The van der Waals surface area contributed by atoms with Crippen molar-refractivity contribution in [3.8, 4) is 5.75 Å². The molecule has 29 heavy (non-hydrogen) atoms. The molecule has 1 heterocycles. The van der Waals surface area contributed by atoms with Crippen molar-refractivity contribution in [2.45, 2.75) is 33.2 Å². The fourth-order valence-corrected chi connectivity index (χ4v) is 4.03. The highest BCUT2D eigenvalue weighted by atomic mass is 32.1. The van der Waals surface area contributed by atoms with Crippen LogP contribution in [0.4, 0.5) is 0 Å². The molecule has 0 aliphatic heterocycles. The molecule has 6 nitrogen and oxygen atoms in total. The van der Waals surface area contributed by atoms with Crippen molar-refractivity contribution in [2.24, 2.45) is 4.99 Å².